The van der Waals surface area contributed by atoms with E-state index in [0.29, 0.717) is 0 Å². The van der Waals surface area contributed by atoms with E-state index in [2.05, 4.69) is 39.2 Å². The van der Waals surface area contributed by atoms with Crippen LogP contribution in [0.5, 0.6) is 0 Å². The number of hydrogen-bond donors (Lipinski definition) is 1. The van der Waals surface area contributed by atoms with Gasteiger partial charge < -0.3 is 15.1 Å². The van der Waals surface area contributed by atoms with E-state index >= 15 is 0 Å². The number of piperidine rings is 1. The molecule has 2 saturated heterocycles. The first-order valence-corrected chi connectivity index (χ1v) is 9.10. The molecule has 6 heteroatoms. The monoisotopic (exact) mass is 443 g/mol. The van der Waals surface area contributed by atoms with Crippen molar-refractivity contribution in [3.63, 3.8) is 0 Å². The van der Waals surface area contributed by atoms with Crippen LogP contribution in [0, 0.1) is 0 Å². The molecule has 5 nitrogen and oxygen atoms in total. The van der Waals surface area contributed by atoms with Gasteiger partial charge in [-0.3, -0.25) is 0 Å². The lowest BCUT2D eigenvalue weighted by atomic mass is 10.1. The van der Waals surface area contributed by atoms with Crippen LogP contribution in [-0.4, -0.2) is 48.6 Å². The SMILES string of the molecule is CCNC(=NCc1ccnc(N2CCCCC2)c1)N1CCCC1.I. The third-order valence-electron chi connectivity index (χ3n) is 4.64. The summed E-state index contributed by atoms with van der Waals surface area (Å²) < 4.78 is 0. The Morgan fingerprint density at radius 2 is 1.83 bits per heavy atom. The van der Waals surface area contributed by atoms with Gasteiger partial charge in [-0.2, -0.15) is 0 Å². The number of likely N-dealkylation sites (tertiary alicyclic amines) is 1. The highest BCUT2D eigenvalue weighted by atomic mass is 127. The zero-order valence-corrected chi connectivity index (χ0v) is 17.0. The highest BCUT2D eigenvalue weighted by Gasteiger charge is 2.16. The summed E-state index contributed by atoms with van der Waals surface area (Å²) in [6, 6.07) is 4.30. The Morgan fingerprint density at radius 3 is 2.54 bits per heavy atom. The van der Waals surface area contributed by atoms with Crippen molar-refractivity contribution in [3.8, 4) is 0 Å². The predicted molar refractivity (Wildman–Crippen MR) is 111 cm³/mol. The zero-order chi connectivity index (χ0) is 15.9. The third kappa shape index (κ3) is 5.22. The number of aliphatic imine (C=N–C) groups is 1. The molecular formula is C18H30IN5. The topological polar surface area (TPSA) is 43.8 Å². The molecule has 134 valence electrons. The largest absolute Gasteiger partial charge is 0.357 e. The molecule has 0 atom stereocenters. The Morgan fingerprint density at radius 1 is 1.12 bits per heavy atom. The van der Waals surface area contributed by atoms with Gasteiger partial charge in [0, 0.05) is 38.9 Å². The second-order valence-corrected chi connectivity index (χ2v) is 6.43. The van der Waals surface area contributed by atoms with Crippen LogP contribution < -0.4 is 10.2 Å². The number of nitrogens with one attached hydrogen (secondary N) is 1. The predicted octanol–water partition coefficient (Wildman–Crippen LogP) is 3.25. The Balaban J connectivity index is 0.00000208. The molecule has 0 amide bonds. The quantitative estimate of drug-likeness (QED) is 0.441. The number of anilines is 1. The normalized spacial score (nSPS) is 18.5. The number of nitrogens with zero attached hydrogens (tertiary/aromatic N) is 4. The molecule has 24 heavy (non-hydrogen) atoms. The first-order chi connectivity index (χ1) is 11.4. The molecule has 0 aliphatic carbocycles. The Kier molecular flexibility index (Phi) is 8.08. The molecule has 2 fully saturated rings. The first-order valence-electron chi connectivity index (χ1n) is 9.10. The van der Waals surface area contributed by atoms with Gasteiger partial charge in [0.2, 0.25) is 0 Å². The van der Waals surface area contributed by atoms with Gasteiger partial charge in [0.25, 0.3) is 0 Å². The number of aromatic nitrogens is 1. The summed E-state index contributed by atoms with van der Waals surface area (Å²) in [7, 11) is 0. The molecule has 0 spiro atoms. The summed E-state index contributed by atoms with van der Waals surface area (Å²) in [5.74, 6) is 2.17. The van der Waals surface area contributed by atoms with E-state index in [1.54, 1.807) is 0 Å². The first kappa shape index (κ1) is 19.3. The van der Waals surface area contributed by atoms with Crippen LogP contribution in [0.1, 0.15) is 44.6 Å². The molecular weight excluding hydrogens is 413 g/mol. The Bertz CT molecular complexity index is 522. The van der Waals surface area contributed by atoms with Gasteiger partial charge >= 0.3 is 0 Å². The molecule has 2 aliphatic rings. The van der Waals surface area contributed by atoms with Gasteiger partial charge in [-0.25, -0.2) is 9.98 Å². The summed E-state index contributed by atoms with van der Waals surface area (Å²) in [5.41, 5.74) is 1.25. The second kappa shape index (κ2) is 10.1. The van der Waals surface area contributed by atoms with Gasteiger partial charge in [-0.05, 0) is 56.7 Å². The van der Waals surface area contributed by atoms with Gasteiger partial charge in [0.05, 0.1) is 6.54 Å². The molecule has 1 N–H and O–H groups in total. The van der Waals surface area contributed by atoms with Crippen molar-refractivity contribution < 1.29 is 0 Å². The zero-order valence-electron chi connectivity index (χ0n) is 14.7. The van der Waals surface area contributed by atoms with E-state index in [-0.39, 0.29) is 24.0 Å². The molecule has 1 aromatic heterocycles. The maximum absolute atomic E-state index is 4.84. The number of halogens is 1. The van der Waals surface area contributed by atoms with Gasteiger partial charge in [0.15, 0.2) is 5.96 Å². The fourth-order valence-corrected chi connectivity index (χ4v) is 3.38. The summed E-state index contributed by atoms with van der Waals surface area (Å²) in [6.45, 7) is 8.30. The second-order valence-electron chi connectivity index (χ2n) is 6.43. The minimum atomic E-state index is 0. The molecule has 0 aromatic carbocycles. The fraction of sp³-hybridized carbons (Fsp3) is 0.667. The van der Waals surface area contributed by atoms with Crippen molar-refractivity contribution in [1.82, 2.24) is 15.2 Å². The number of guanidine groups is 1. The number of pyridine rings is 1. The molecule has 3 rings (SSSR count). The lowest BCUT2D eigenvalue weighted by molar-refractivity contribution is 0.493. The van der Waals surface area contributed by atoms with E-state index in [4.69, 9.17) is 4.99 Å². The number of hydrogen-bond acceptors (Lipinski definition) is 3. The standard InChI is InChI=1S/C18H29N5.HI/c1-2-19-18(23-12-6-7-13-23)21-15-16-8-9-20-17(14-16)22-10-4-3-5-11-22;/h8-9,14H,2-7,10-13,15H2,1H3,(H,19,21);1H. The maximum atomic E-state index is 4.84. The van der Waals surface area contributed by atoms with Crippen molar-refractivity contribution in [2.45, 2.75) is 45.6 Å². The highest BCUT2D eigenvalue weighted by Crippen LogP contribution is 2.19. The van der Waals surface area contributed by atoms with Crippen molar-refractivity contribution in [2.24, 2.45) is 4.99 Å². The average Bonchev–Trinajstić information content (AvgIpc) is 3.14. The van der Waals surface area contributed by atoms with E-state index in [0.717, 1.165) is 51.0 Å². The van der Waals surface area contributed by atoms with E-state index in [1.165, 1.54) is 37.7 Å². The molecule has 2 aliphatic heterocycles. The summed E-state index contributed by atoms with van der Waals surface area (Å²) >= 11 is 0. The Hall–Kier alpha value is -1.05. The van der Waals surface area contributed by atoms with Crippen molar-refractivity contribution in [2.75, 3.05) is 37.6 Å². The molecule has 1 aromatic rings. The lowest BCUT2D eigenvalue weighted by Crippen LogP contribution is -2.39. The molecule has 0 unspecified atom stereocenters. The van der Waals surface area contributed by atoms with Gasteiger partial charge in [-0.15, -0.1) is 24.0 Å². The van der Waals surface area contributed by atoms with Crippen LogP contribution in [0.15, 0.2) is 23.3 Å². The van der Waals surface area contributed by atoms with Crippen molar-refractivity contribution >= 4 is 35.8 Å². The van der Waals surface area contributed by atoms with Crippen LogP contribution in [0.2, 0.25) is 0 Å². The maximum Gasteiger partial charge on any atom is 0.194 e. The van der Waals surface area contributed by atoms with E-state index in [1.807, 2.05) is 6.20 Å². The van der Waals surface area contributed by atoms with Gasteiger partial charge in [-0.1, -0.05) is 0 Å². The summed E-state index contributed by atoms with van der Waals surface area (Å²) in [4.78, 5) is 14.2. The minimum absolute atomic E-state index is 0. The highest BCUT2D eigenvalue weighted by molar-refractivity contribution is 14.0. The smallest absolute Gasteiger partial charge is 0.194 e. The minimum Gasteiger partial charge on any atom is -0.357 e. The fourth-order valence-electron chi connectivity index (χ4n) is 3.38. The molecule has 0 radical (unpaired) electrons. The van der Waals surface area contributed by atoms with E-state index in [9.17, 15) is 0 Å². The number of rotatable bonds is 4. The summed E-state index contributed by atoms with van der Waals surface area (Å²) in [5, 5.41) is 3.42. The lowest BCUT2D eigenvalue weighted by Gasteiger charge is -2.27. The molecule has 0 saturated carbocycles. The summed E-state index contributed by atoms with van der Waals surface area (Å²) in [6.07, 6.45) is 8.39. The molecule has 0 bridgehead atoms. The molecule has 3 heterocycles. The van der Waals surface area contributed by atoms with Crippen molar-refractivity contribution in [3.05, 3.63) is 23.9 Å². The van der Waals surface area contributed by atoms with E-state index < -0.39 is 0 Å². The van der Waals surface area contributed by atoms with Crippen LogP contribution in [-0.2, 0) is 6.54 Å². The van der Waals surface area contributed by atoms with Crippen LogP contribution in [0.4, 0.5) is 5.82 Å². The van der Waals surface area contributed by atoms with Gasteiger partial charge in [0.1, 0.15) is 5.82 Å². The third-order valence-corrected chi connectivity index (χ3v) is 4.64. The van der Waals surface area contributed by atoms with Crippen LogP contribution >= 0.6 is 24.0 Å². The van der Waals surface area contributed by atoms with Crippen LogP contribution in [0.25, 0.3) is 0 Å². The van der Waals surface area contributed by atoms with Crippen molar-refractivity contribution in [1.29, 1.82) is 0 Å². The average molecular weight is 443 g/mol. The Labute approximate surface area is 162 Å². The van der Waals surface area contributed by atoms with Crippen LogP contribution in [0.3, 0.4) is 0 Å².